The molecule has 0 radical (unpaired) electrons. The predicted molar refractivity (Wildman–Crippen MR) is 116 cm³/mol. The number of fused-ring (bicyclic) bond motifs is 1. The van der Waals surface area contributed by atoms with E-state index in [1.807, 2.05) is 49.6 Å². The molecular formula is C22H28N6O2. The first kappa shape index (κ1) is 20.1. The summed E-state index contributed by atoms with van der Waals surface area (Å²) >= 11 is 0. The van der Waals surface area contributed by atoms with Crippen LogP contribution < -0.4 is 15.8 Å². The van der Waals surface area contributed by atoms with E-state index in [2.05, 4.69) is 20.3 Å². The van der Waals surface area contributed by atoms with Gasteiger partial charge in [0.05, 0.1) is 11.7 Å². The summed E-state index contributed by atoms with van der Waals surface area (Å²) in [5, 5.41) is 7.68. The number of pyridine rings is 1. The van der Waals surface area contributed by atoms with Gasteiger partial charge in [0, 0.05) is 31.4 Å². The molecule has 0 spiro atoms. The van der Waals surface area contributed by atoms with Crippen LogP contribution in [0.25, 0.3) is 5.65 Å². The van der Waals surface area contributed by atoms with Crippen LogP contribution in [0.4, 0.5) is 5.82 Å². The maximum absolute atomic E-state index is 13.0. The molecular weight excluding hydrogens is 380 g/mol. The molecule has 4 heterocycles. The number of amides is 1. The third kappa shape index (κ3) is 3.81. The first-order chi connectivity index (χ1) is 14.5. The fourth-order valence-corrected chi connectivity index (χ4v) is 4.13. The largest absolute Gasteiger partial charge is 0.350 e. The molecule has 8 nitrogen and oxygen atoms in total. The van der Waals surface area contributed by atoms with E-state index in [0.29, 0.717) is 17.9 Å². The minimum Gasteiger partial charge on any atom is -0.350 e. The van der Waals surface area contributed by atoms with Gasteiger partial charge in [-0.25, -0.2) is 9.67 Å². The normalized spacial score (nSPS) is 16.9. The highest BCUT2D eigenvalue weighted by molar-refractivity contribution is 5.94. The van der Waals surface area contributed by atoms with Gasteiger partial charge in [-0.3, -0.25) is 14.0 Å². The maximum atomic E-state index is 13.0. The summed E-state index contributed by atoms with van der Waals surface area (Å²) < 4.78 is 3.34. The molecule has 1 saturated heterocycles. The number of hydrogen-bond donors (Lipinski definition) is 1. The van der Waals surface area contributed by atoms with Crippen LogP contribution in [-0.4, -0.2) is 44.2 Å². The van der Waals surface area contributed by atoms with Gasteiger partial charge in [0.1, 0.15) is 17.2 Å². The molecule has 1 atom stereocenters. The summed E-state index contributed by atoms with van der Waals surface area (Å²) in [7, 11) is 0. The van der Waals surface area contributed by atoms with E-state index in [9.17, 15) is 9.59 Å². The average Bonchev–Trinajstić information content (AvgIpc) is 3.08. The highest BCUT2D eigenvalue weighted by Gasteiger charge is 2.26. The third-order valence-corrected chi connectivity index (χ3v) is 5.64. The van der Waals surface area contributed by atoms with Crippen molar-refractivity contribution in [3.05, 3.63) is 58.3 Å². The van der Waals surface area contributed by atoms with Crippen molar-refractivity contribution >= 4 is 17.4 Å². The highest BCUT2D eigenvalue weighted by atomic mass is 16.2. The first-order valence-corrected chi connectivity index (χ1v) is 10.5. The van der Waals surface area contributed by atoms with E-state index in [0.717, 1.165) is 37.3 Å². The number of anilines is 1. The van der Waals surface area contributed by atoms with E-state index in [4.69, 9.17) is 0 Å². The number of carbonyl (C=O) groups excluding carboxylic acids is 1. The number of imidazole rings is 1. The molecule has 1 N–H and O–H groups in total. The van der Waals surface area contributed by atoms with Crippen LogP contribution in [0.5, 0.6) is 0 Å². The molecule has 3 aromatic rings. The molecule has 30 heavy (non-hydrogen) atoms. The summed E-state index contributed by atoms with van der Waals surface area (Å²) in [4.78, 5) is 31.7. The molecule has 0 bridgehead atoms. The molecule has 0 aromatic carbocycles. The first-order valence-electron chi connectivity index (χ1n) is 10.5. The third-order valence-electron chi connectivity index (χ3n) is 5.64. The van der Waals surface area contributed by atoms with Crippen LogP contribution in [0, 0.1) is 6.92 Å². The Hall–Kier alpha value is -3.16. The Morgan fingerprint density at radius 1 is 1.23 bits per heavy atom. The number of piperidine rings is 1. The summed E-state index contributed by atoms with van der Waals surface area (Å²) in [5.41, 5.74) is 1.95. The second-order valence-electron chi connectivity index (χ2n) is 8.10. The van der Waals surface area contributed by atoms with Gasteiger partial charge >= 0.3 is 0 Å². The molecule has 1 aliphatic rings. The van der Waals surface area contributed by atoms with Gasteiger partial charge in [-0.1, -0.05) is 6.07 Å². The molecule has 1 aliphatic heterocycles. The fourth-order valence-electron chi connectivity index (χ4n) is 4.13. The Kier molecular flexibility index (Phi) is 5.57. The number of hydrogen-bond acceptors (Lipinski definition) is 5. The molecule has 8 heteroatoms. The zero-order valence-electron chi connectivity index (χ0n) is 17.7. The summed E-state index contributed by atoms with van der Waals surface area (Å²) in [5.74, 6) is 0.657. The zero-order valence-corrected chi connectivity index (χ0v) is 17.7. The van der Waals surface area contributed by atoms with Crippen molar-refractivity contribution < 1.29 is 4.79 Å². The number of carbonyl (C=O) groups is 1. The molecule has 1 unspecified atom stereocenters. The molecule has 3 aromatic heterocycles. The van der Waals surface area contributed by atoms with Crippen molar-refractivity contribution in [1.29, 1.82) is 0 Å². The molecule has 1 fully saturated rings. The van der Waals surface area contributed by atoms with Crippen LogP contribution in [0.2, 0.25) is 0 Å². The van der Waals surface area contributed by atoms with Crippen molar-refractivity contribution in [3.63, 3.8) is 0 Å². The monoisotopic (exact) mass is 408 g/mol. The average molecular weight is 409 g/mol. The zero-order chi connectivity index (χ0) is 21.3. The van der Waals surface area contributed by atoms with Gasteiger partial charge < -0.3 is 10.2 Å². The molecule has 0 saturated carbocycles. The van der Waals surface area contributed by atoms with Crippen molar-refractivity contribution in [2.45, 2.75) is 52.1 Å². The lowest BCUT2D eigenvalue weighted by atomic mass is 10.0. The number of rotatable bonds is 5. The Labute approximate surface area is 175 Å². The predicted octanol–water partition coefficient (Wildman–Crippen LogP) is 2.57. The highest BCUT2D eigenvalue weighted by Crippen LogP contribution is 2.22. The second kappa shape index (κ2) is 8.30. The summed E-state index contributed by atoms with van der Waals surface area (Å²) in [6.45, 7) is 7.13. The van der Waals surface area contributed by atoms with Gasteiger partial charge in [-0.05, 0) is 58.2 Å². The molecule has 4 rings (SSSR count). The van der Waals surface area contributed by atoms with Crippen molar-refractivity contribution in [2.75, 3.05) is 18.0 Å². The van der Waals surface area contributed by atoms with Gasteiger partial charge in [-0.15, -0.1) is 0 Å². The van der Waals surface area contributed by atoms with Crippen LogP contribution in [0.1, 0.15) is 55.3 Å². The molecule has 1 amide bonds. The number of aryl methyl sites for hydroxylation is 1. The minimum atomic E-state index is -0.128. The second-order valence-corrected chi connectivity index (χ2v) is 8.10. The van der Waals surface area contributed by atoms with E-state index in [1.54, 1.807) is 12.1 Å². The van der Waals surface area contributed by atoms with Gasteiger partial charge in [0.15, 0.2) is 0 Å². The smallest absolute Gasteiger partial charge is 0.270 e. The number of nitrogens with one attached hydrogen (secondary N) is 1. The SMILES string of the molecule is Cc1nc2ccccn2c1C(=O)NCC1CCCCN1c1ccc(=O)n(C(C)C)n1. The van der Waals surface area contributed by atoms with Crippen molar-refractivity contribution in [3.8, 4) is 0 Å². The fraction of sp³-hybridized carbons (Fsp3) is 0.455. The summed E-state index contributed by atoms with van der Waals surface area (Å²) in [6.07, 6.45) is 5.00. The summed E-state index contributed by atoms with van der Waals surface area (Å²) in [6, 6.07) is 9.19. The van der Waals surface area contributed by atoms with Crippen LogP contribution in [0.15, 0.2) is 41.3 Å². The Balaban J connectivity index is 1.53. The Morgan fingerprint density at radius 2 is 2.07 bits per heavy atom. The lowest BCUT2D eigenvalue weighted by Crippen LogP contribution is -2.48. The minimum absolute atomic E-state index is 0.00137. The van der Waals surface area contributed by atoms with Crippen molar-refractivity contribution in [2.24, 2.45) is 0 Å². The van der Waals surface area contributed by atoms with Crippen molar-refractivity contribution in [1.82, 2.24) is 24.5 Å². The van der Waals surface area contributed by atoms with E-state index < -0.39 is 0 Å². The Morgan fingerprint density at radius 3 is 2.87 bits per heavy atom. The van der Waals surface area contributed by atoms with Crippen LogP contribution >= 0.6 is 0 Å². The van der Waals surface area contributed by atoms with E-state index in [1.165, 1.54) is 4.68 Å². The lowest BCUT2D eigenvalue weighted by molar-refractivity contribution is 0.0943. The van der Waals surface area contributed by atoms with Crippen LogP contribution in [0.3, 0.4) is 0 Å². The van der Waals surface area contributed by atoms with Crippen LogP contribution in [-0.2, 0) is 0 Å². The van der Waals surface area contributed by atoms with Gasteiger partial charge in [0.25, 0.3) is 11.5 Å². The lowest BCUT2D eigenvalue weighted by Gasteiger charge is -2.37. The number of aromatic nitrogens is 4. The standard InChI is InChI=1S/C22H28N6O2/c1-15(2)28-20(29)11-10-19(25-28)26-12-6-4-8-17(26)14-23-22(30)21-16(3)24-18-9-5-7-13-27(18)21/h5,7,9-11,13,15,17H,4,6,8,12,14H2,1-3H3,(H,23,30). The Bertz CT molecular complexity index is 1120. The maximum Gasteiger partial charge on any atom is 0.270 e. The van der Waals surface area contributed by atoms with Gasteiger partial charge in [-0.2, -0.15) is 5.10 Å². The molecule has 0 aliphatic carbocycles. The topological polar surface area (TPSA) is 84.5 Å². The van der Waals surface area contributed by atoms with E-state index >= 15 is 0 Å². The molecule has 158 valence electrons. The number of nitrogens with zero attached hydrogens (tertiary/aromatic N) is 5. The van der Waals surface area contributed by atoms with E-state index in [-0.39, 0.29) is 23.6 Å². The quantitative estimate of drug-likeness (QED) is 0.701. The van der Waals surface area contributed by atoms with Gasteiger partial charge in [0.2, 0.25) is 0 Å².